The van der Waals surface area contributed by atoms with Crippen LogP contribution in [0.2, 0.25) is 0 Å². The van der Waals surface area contributed by atoms with Crippen molar-refractivity contribution in [1.82, 2.24) is 9.88 Å². The molecule has 0 bridgehead atoms. The Kier molecular flexibility index (Phi) is 7.22. The van der Waals surface area contributed by atoms with Gasteiger partial charge in [0.15, 0.2) is 5.75 Å². The minimum absolute atomic E-state index is 0.0127. The van der Waals surface area contributed by atoms with E-state index in [4.69, 9.17) is 4.74 Å². The highest BCUT2D eigenvalue weighted by Crippen LogP contribution is 2.31. The Morgan fingerprint density at radius 2 is 1.66 bits per heavy atom. The van der Waals surface area contributed by atoms with Gasteiger partial charge in [0.25, 0.3) is 5.91 Å². The van der Waals surface area contributed by atoms with E-state index < -0.39 is 0 Å². The van der Waals surface area contributed by atoms with Crippen LogP contribution in [0, 0.1) is 0 Å². The summed E-state index contributed by atoms with van der Waals surface area (Å²) in [5.41, 5.74) is 2.13. The second-order valence-corrected chi connectivity index (χ2v) is 6.79. The predicted molar refractivity (Wildman–Crippen MR) is 117 cm³/mol. The van der Waals surface area contributed by atoms with E-state index in [1.54, 1.807) is 12.4 Å². The molecular weight excluding hydrogens is 362 g/mol. The molecule has 0 saturated heterocycles. The van der Waals surface area contributed by atoms with E-state index in [1.165, 1.54) is 0 Å². The fourth-order valence-corrected chi connectivity index (χ4v) is 3.09. The first kappa shape index (κ1) is 20.4. The summed E-state index contributed by atoms with van der Waals surface area (Å²) in [5.74, 6) is 1.48. The number of aromatic nitrogens is 1. The van der Waals surface area contributed by atoms with Crippen LogP contribution in [0.15, 0.2) is 73.1 Å². The number of para-hydroxylation sites is 3. The first-order valence-electron chi connectivity index (χ1n) is 10.0. The van der Waals surface area contributed by atoms with Crippen LogP contribution in [0.5, 0.6) is 11.5 Å². The summed E-state index contributed by atoms with van der Waals surface area (Å²) in [4.78, 5) is 19.0. The number of nitrogens with zero attached hydrogens (tertiary/aromatic N) is 2. The van der Waals surface area contributed by atoms with Gasteiger partial charge in [-0.25, -0.2) is 0 Å². The van der Waals surface area contributed by atoms with Gasteiger partial charge in [0.05, 0.1) is 23.1 Å². The van der Waals surface area contributed by atoms with Crippen LogP contribution in [0.1, 0.15) is 37.0 Å². The molecule has 0 radical (unpaired) electrons. The Hall–Kier alpha value is -3.34. The van der Waals surface area contributed by atoms with E-state index >= 15 is 0 Å². The molecule has 3 rings (SSSR count). The van der Waals surface area contributed by atoms with Gasteiger partial charge in [-0.05, 0) is 43.2 Å². The lowest BCUT2D eigenvalue weighted by Crippen LogP contribution is -2.32. The van der Waals surface area contributed by atoms with Gasteiger partial charge in [0.2, 0.25) is 0 Å². The first-order valence-corrected chi connectivity index (χ1v) is 10.0. The van der Waals surface area contributed by atoms with E-state index in [0.717, 1.165) is 43.1 Å². The summed E-state index contributed by atoms with van der Waals surface area (Å²) in [6.45, 7) is 5.65. The Bertz CT molecular complexity index is 922. The molecule has 3 aromatic rings. The molecule has 150 valence electrons. The van der Waals surface area contributed by atoms with Crippen LogP contribution >= 0.6 is 0 Å². The number of carbonyl (C=O) groups is 1. The van der Waals surface area contributed by atoms with Crippen LogP contribution < -0.4 is 10.1 Å². The average Bonchev–Trinajstić information content (AvgIpc) is 2.75. The van der Waals surface area contributed by atoms with Crippen LogP contribution in [0.25, 0.3) is 0 Å². The maximum atomic E-state index is 12.9. The molecule has 0 fully saturated rings. The highest BCUT2D eigenvalue weighted by molar-refractivity contribution is 5.95. The molecule has 0 spiro atoms. The van der Waals surface area contributed by atoms with Gasteiger partial charge in [-0.1, -0.05) is 44.2 Å². The predicted octanol–water partition coefficient (Wildman–Crippen LogP) is 5.88. The molecule has 0 saturated carbocycles. The third-order valence-electron chi connectivity index (χ3n) is 4.40. The second-order valence-electron chi connectivity index (χ2n) is 6.79. The number of carbonyl (C=O) groups excluding carboxylic acids is 1. The summed E-state index contributed by atoms with van der Waals surface area (Å²) >= 11 is 0. The zero-order valence-corrected chi connectivity index (χ0v) is 17.0. The number of rotatable bonds is 9. The van der Waals surface area contributed by atoms with E-state index in [2.05, 4.69) is 24.1 Å². The number of benzene rings is 2. The Balaban J connectivity index is 1.79. The van der Waals surface area contributed by atoms with Gasteiger partial charge in [0, 0.05) is 19.3 Å². The molecule has 1 N–H and O–H groups in total. The van der Waals surface area contributed by atoms with Gasteiger partial charge >= 0.3 is 0 Å². The molecule has 1 amide bonds. The molecule has 0 aliphatic heterocycles. The van der Waals surface area contributed by atoms with Crippen molar-refractivity contribution in [2.75, 3.05) is 18.4 Å². The second kappa shape index (κ2) is 10.3. The highest BCUT2D eigenvalue weighted by atomic mass is 16.5. The smallest absolute Gasteiger partial charge is 0.255 e. The fourth-order valence-electron chi connectivity index (χ4n) is 3.09. The van der Waals surface area contributed by atoms with E-state index in [1.807, 2.05) is 65.6 Å². The molecule has 29 heavy (non-hydrogen) atoms. The molecule has 0 unspecified atom stereocenters. The minimum Gasteiger partial charge on any atom is -0.455 e. The zero-order valence-electron chi connectivity index (χ0n) is 17.0. The molecule has 2 aromatic carbocycles. The highest BCUT2D eigenvalue weighted by Gasteiger charge is 2.15. The van der Waals surface area contributed by atoms with Crippen molar-refractivity contribution in [1.29, 1.82) is 0 Å². The Morgan fingerprint density at radius 3 is 2.38 bits per heavy atom. The normalized spacial score (nSPS) is 10.4. The summed E-state index contributed by atoms with van der Waals surface area (Å²) in [6, 6.07) is 19.2. The summed E-state index contributed by atoms with van der Waals surface area (Å²) in [6.07, 6.45) is 5.20. The lowest BCUT2D eigenvalue weighted by molar-refractivity contribution is 0.0755. The van der Waals surface area contributed by atoms with Gasteiger partial charge < -0.3 is 15.0 Å². The number of pyridine rings is 1. The van der Waals surface area contributed by atoms with Crippen molar-refractivity contribution in [3.8, 4) is 11.5 Å². The first-order chi connectivity index (χ1) is 14.2. The third kappa shape index (κ3) is 5.57. The van der Waals surface area contributed by atoms with Crippen molar-refractivity contribution >= 4 is 17.3 Å². The number of amides is 1. The standard InChI is InChI=1S/C24H27N3O2/c1-3-14-27(15-4-2)24(28)19-16-20(18-25-17-19)26-22-12-8-9-13-23(22)29-21-10-6-5-7-11-21/h5-13,16-18,26H,3-4,14-15H2,1-2H3. The molecule has 1 aromatic heterocycles. The number of nitrogens with one attached hydrogen (secondary N) is 1. The zero-order chi connectivity index (χ0) is 20.5. The maximum Gasteiger partial charge on any atom is 0.255 e. The van der Waals surface area contributed by atoms with Gasteiger partial charge in [-0.2, -0.15) is 0 Å². The fraction of sp³-hybridized carbons (Fsp3) is 0.250. The number of anilines is 2. The lowest BCUT2D eigenvalue weighted by atomic mass is 10.2. The number of hydrogen-bond acceptors (Lipinski definition) is 4. The van der Waals surface area contributed by atoms with Crippen molar-refractivity contribution in [3.63, 3.8) is 0 Å². The lowest BCUT2D eigenvalue weighted by Gasteiger charge is -2.21. The Morgan fingerprint density at radius 1 is 0.966 bits per heavy atom. The molecule has 5 nitrogen and oxygen atoms in total. The van der Waals surface area contributed by atoms with E-state index in [0.29, 0.717) is 11.3 Å². The maximum absolute atomic E-state index is 12.9. The quantitative estimate of drug-likeness (QED) is 0.496. The number of ether oxygens (including phenoxy) is 1. The summed E-state index contributed by atoms with van der Waals surface area (Å²) < 4.78 is 6.00. The van der Waals surface area contributed by atoms with Crippen molar-refractivity contribution in [3.05, 3.63) is 78.6 Å². The average molecular weight is 389 g/mol. The molecule has 0 aliphatic carbocycles. The van der Waals surface area contributed by atoms with Crippen LogP contribution in [-0.4, -0.2) is 28.9 Å². The van der Waals surface area contributed by atoms with Gasteiger partial charge in [-0.3, -0.25) is 9.78 Å². The van der Waals surface area contributed by atoms with Crippen LogP contribution in [0.3, 0.4) is 0 Å². The SMILES string of the molecule is CCCN(CCC)C(=O)c1cncc(Nc2ccccc2Oc2ccccc2)c1. The largest absolute Gasteiger partial charge is 0.455 e. The van der Waals surface area contributed by atoms with Gasteiger partial charge in [0.1, 0.15) is 5.75 Å². The van der Waals surface area contributed by atoms with E-state index in [-0.39, 0.29) is 5.91 Å². The topological polar surface area (TPSA) is 54.5 Å². The Labute approximate surface area is 172 Å². The van der Waals surface area contributed by atoms with Crippen molar-refractivity contribution < 1.29 is 9.53 Å². The van der Waals surface area contributed by atoms with Crippen LogP contribution in [0.4, 0.5) is 11.4 Å². The molecule has 5 heteroatoms. The molecule has 0 atom stereocenters. The summed E-state index contributed by atoms with van der Waals surface area (Å²) in [7, 11) is 0. The van der Waals surface area contributed by atoms with Crippen molar-refractivity contribution in [2.45, 2.75) is 26.7 Å². The third-order valence-corrected chi connectivity index (χ3v) is 4.40. The minimum atomic E-state index is 0.0127. The molecule has 0 aliphatic rings. The van der Waals surface area contributed by atoms with Gasteiger partial charge in [-0.15, -0.1) is 0 Å². The van der Waals surface area contributed by atoms with E-state index in [9.17, 15) is 4.79 Å². The molecular formula is C24H27N3O2. The monoisotopic (exact) mass is 389 g/mol. The number of hydrogen-bond donors (Lipinski definition) is 1. The van der Waals surface area contributed by atoms with Crippen LogP contribution in [-0.2, 0) is 0 Å². The summed E-state index contributed by atoms with van der Waals surface area (Å²) in [5, 5.41) is 3.33. The molecule has 1 heterocycles. The van der Waals surface area contributed by atoms with Crippen molar-refractivity contribution in [2.24, 2.45) is 0 Å².